The van der Waals surface area contributed by atoms with Gasteiger partial charge in [0, 0.05) is 17.2 Å². The number of benzene rings is 1. The summed E-state index contributed by atoms with van der Waals surface area (Å²) in [6.07, 6.45) is 0.751. The summed E-state index contributed by atoms with van der Waals surface area (Å²) in [4.78, 5) is 15.5. The fourth-order valence-corrected chi connectivity index (χ4v) is 3.12. The lowest BCUT2D eigenvalue weighted by atomic mass is 10.1. The van der Waals surface area contributed by atoms with Crippen molar-refractivity contribution in [2.24, 2.45) is 5.92 Å². The van der Waals surface area contributed by atoms with Gasteiger partial charge in [-0.05, 0) is 42.1 Å². The second kappa shape index (κ2) is 6.37. The van der Waals surface area contributed by atoms with Crippen LogP contribution in [0.1, 0.15) is 11.3 Å². The van der Waals surface area contributed by atoms with Crippen molar-refractivity contribution in [2.75, 3.05) is 18.1 Å². The number of ether oxygens (including phenoxy) is 1. The van der Waals surface area contributed by atoms with E-state index in [0.717, 1.165) is 17.0 Å². The van der Waals surface area contributed by atoms with Gasteiger partial charge in [0.05, 0.1) is 19.1 Å². The third kappa shape index (κ3) is 3.31. The highest BCUT2D eigenvalue weighted by Crippen LogP contribution is 2.25. The molecule has 21 heavy (non-hydrogen) atoms. The van der Waals surface area contributed by atoms with Crippen LogP contribution in [0.5, 0.6) is 0 Å². The first-order chi connectivity index (χ1) is 10.2. The first kappa shape index (κ1) is 14.2. The molecule has 1 amide bonds. The van der Waals surface area contributed by atoms with E-state index >= 15 is 0 Å². The zero-order valence-corrected chi connectivity index (χ0v) is 12.3. The molecule has 1 saturated heterocycles. The van der Waals surface area contributed by atoms with Crippen LogP contribution in [0.3, 0.4) is 0 Å². The Morgan fingerprint density at radius 2 is 2.14 bits per heavy atom. The van der Waals surface area contributed by atoms with Gasteiger partial charge in [-0.25, -0.2) is 4.39 Å². The quantitative estimate of drug-likeness (QED) is 0.866. The van der Waals surface area contributed by atoms with Crippen molar-refractivity contribution in [3.63, 3.8) is 0 Å². The predicted octanol–water partition coefficient (Wildman–Crippen LogP) is 3.46. The van der Waals surface area contributed by atoms with Crippen LogP contribution >= 0.6 is 11.3 Å². The van der Waals surface area contributed by atoms with E-state index in [2.05, 4.69) is 0 Å². The molecule has 1 fully saturated rings. The van der Waals surface area contributed by atoms with Gasteiger partial charge in [0.25, 0.3) is 0 Å². The van der Waals surface area contributed by atoms with E-state index in [1.165, 1.54) is 12.1 Å². The number of hydrogen-bond donors (Lipinski definition) is 0. The lowest BCUT2D eigenvalue weighted by Crippen LogP contribution is -2.35. The first-order valence-corrected chi connectivity index (χ1v) is 7.79. The number of halogens is 1. The van der Waals surface area contributed by atoms with Crippen molar-refractivity contribution in [1.29, 1.82) is 0 Å². The maximum absolute atomic E-state index is 13.1. The standard InChI is InChI=1S/C16H16FNO2S/c17-13-3-5-14(6-4-13)18(10-15-2-1-9-21-15)16(19)12-7-8-20-11-12/h1-6,9,12H,7-8,10-11H2. The molecule has 1 atom stereocenters. The Labute approximate surface area is 127 Å². The first-order valence-electron chi connectivity index (χ1n) is 6.91. The molecule has 0 spiro atoms. The molecule has 1 aromatic heterocycles. The molecular formula is C16H16FNO2S. The van der Waals surface area contributed by atoms with Gasteiger partial charge in [-0.15, -0.1) is 11.3 Å². The van der Waals surface area contributed by atoms with E-state index in [-0.39, 0.29) is 17.6 Å². The Morgan fingerprint density at radius 3 is 2.76 bits per heavy atom. The van der Waals surface area contributed by atoms with Crippen LogP contribution < -0.4 is 4.90 Å². The molecular weight excluding hydrogens is 289 g/mol. The zero-order chi connectivity index (χ0) is 14.7. The van der Waals surface area contributed by atoms with Crippen LogP contribution in [0.25, 0.3) is 0 Å². The lowest BCUT2D eigenvalue weighted by molar-refractivity contribution is -0.122. The van der Waals surface area contributed by atoms with Crippen LogP contribution in [0.2, 0.25) is 0 Å². The fraction of sp³-hybridized carbons (Fsp3) is 0.312. The normalized spacial score (nSPS) is 17.9. The smallest absolute Gasteiger partial charge is 0.232 e. The minimum absolute atomic E-state index is 0.0486. The second-order valence-electron chi connectivity index (χ2n) is 5.04. The topological polar surface area (TPSA) is 29.5 Å². The summed E-state index contributed by atoms with van der Waals surface area (Å²) in [6, 6.07) is 10.0. The van der Waals surface area contributed by atoms with E-state index in [1.807, 2.05) is 17.5 Å². The SMILES string of the molecule is O=C(C1CCOC1)N(Cc1cccs1)c1ccc(F)cc1. The Balaban J connectivity index is 1.86. The zero-order valence-electron chi connectivity index (χ0n) is 11.5. The Kier molecular flexibility index (Phi) is 4.31. The molecule has 2 heterocycles. The highest BCUT2D eigenvalue weighted by Gasteiger charge is 2.29. The summed E-state index contributed by atoms with van der Waals surface area (Å²) in [6.45, 7) is 1.62. The molecule has 0 bridgehead atoms. The largest absolute Gasteiger partial charge is 0.381 e. The summed E-state index contributed by atoms with van der Waals surface area (Å²) < 4.78 is 18.4. The average molecular weight is 305 g/mol. The van der Waals surface area contributed by atoms with Gasteiger partial charge >= 0.3 is 0 Å². The Bertz CT molecular complexity index is 591. The third-order valence-electron chi connectivity index (χ3n) is 3.58. The van der Waals surface area contributed by atoms with E-state index < -0.39 is 0 Å². The van der Waals surface area contributed by atoms with Gasteiger partial charge in [0.15, 0.2) is 0 Å². The maximum Gasteiger partial charge on any atom is 0.232 e. The van der Waals surface area contributed by atoms with Crippen molar-refractivity contribution < 1.29 is 13.9 Å². The number of rotatable bonds is 4. The van der Waals surface area contributed by atoms with E-state index in [4.69, 9.17) is 4.74 Å². The van der Waals surface area contributed by atoms with Crippen LogP contribution in [0.4, 0.5) is 10.1 Å². The number of hydrogen-bond acceptors (Lipinski definition) is 3. The molecule has 1 aromatic carbocycles. The molecule has 110 valence electrons. The number of carbonyl (C=O) groups is 1. The van der Waals surface area contributed by atoms with Crippen LogP contribution in [0.15, 0.2) is 41.8 Å². The van der Waals surface area contributed by atoms with Crippen molar-refractivity contribution in [3.8, 4) is 0 Å². The van der Waals surface area contributed by atoms with Crippen LogP contribution in [-0.4, -0.2) is 19.1 Å². The summed E-state index contributed by atoms with van der Waals surface area (Å²) >= 11 is 1.61. The predicted molar refractivity (Wildman–Crippen MR) is 80.8 cm³/mol. The monoisotopic (exact) mass is 305 g/mol. The van der Waals surface area contributed by atoms with E-state index in [0.29, 0.717) is 19.8 Å². The lowest BCUT2D eigenvalue weighted by Gasteiger charge is -2.25. The molecule has 5 heteroatoms. The van der Waals surface area contributed by atoms with Gasteiger partial charge < -0.3 is 9.64 Å². The highest BCUT2D eigenvalue weighted by molar-refractivity contribution is 7.09. The minimum atomic E-state index is -0.300. The van der Waals surface area contributed by atoms with Crippen molar-refractivity contribution in [3.05, 3.63) is 52.5 Å². The number of anilines is 1. The van der Waals surface area contributed by atoms with Crippen molar-refractivity contribution >= 4 is 22.9 Å². The Morgan fingerprint density at radius 1 is 1.33 bits per heavy atom. The highest BCUT2D eigenvalue weighted by atomic mass is 32.1. The average Bonchev–Trinajstić information content (AvgIpc) is 3.18. The summed E-state index contributed by atoms with van der Waals surface area (Å²) in [5.41, 5.74) is 0.724. The summed E-state index contributed by atoms with van der Waals surface area (Å²) in [5, 5.41) is 1.99. The third-order valence-corrected chi connectivity index (χ3v) is 4.44. The minimum Gasteiger partial charge on any atom is -0.381 e. The van der Waals surface area contributed by atoms with Gasteiger partial charge in [-0.3, -0.25) is 4.79 Å². The fourth-order valence-electron chi connectivity index (χ4n) is 2.43. The van der Waals surface area contributed by atoms with Gasteiger partial charge in [-0.2, -0.15) is 0 Å². The molecule has 1 aliphatic rings. The molecule has 3 rings (SSSR count). The van der Waals surface area contributed by atoms with Crippen LogP contribution in [-0.2, 0) is 16.1 Å². The van der Waals surface area contributed by atoms with E-state index in [1.54, 1.807) is 28.4 Å². The van der Waals surface area contributed by atoms with Crippen molar-refractivity contribution in [2.45, 2.75) is 13.0 Å². The molecule has 1 unspecified atom stereocenters. The molecule has 1 aliphatic heterocycles. The molecule has 0 saturated carbocycles. The van der Waals surface area contributed by atoms with Crippen LogP contribution in [0, 0.1) is 11.7 Å². The molecule has 0 radical (unpaired) electrons. The molecule has 3 nitrogen and oxygen atoms in total. The molecule has 2 aromatic rings. The number of carbonyl (C=O) groups excluding carboxylic acids is 1. The maximum atomic E-state index is 13.1. The van der Waals surface area contributed by atoms with Crippen molar-refractivity contribution in [1.82, 2.24) is 0 Å². The number of thiophene rings is 1. The molecule has 0 aliphatic carbocycles. The summed E-state index contributed by atoms with van der Waals surface area (Å²) in [7, 11) is 0. The Hall–Kier alpha value is -1.72. The second-order valence-corrected chi connectivity index (χ2v) is 6.07. The molecule has 0 N–H and O–H groups in total. The van der Waals surface area contributed by atoms with Gasteiger partial charge in [-0.1, -0.05) is 6.07 Å². The summed E-state index contributed by atoms with van der Waals surface area (Å²) in [5.74, 6) is -0.353. The number of amides is 1. The van der Waals surface area contributed by atoms with Gasteiger partial charge in [0.2, 0.25) is 5.91 Å². The van der Waals surface area contributed by atoms with Gasteiger partial charge in [0.1, 0.15) is 5.82 Å². The number of nitrogens with zero attached hydrogens (tertiary/aromatic N) is 1. The van der Waals surface area contributed by atoms with E-state index in [9.17, 15) is 9.18 Å².